The van der Waals surface area contributed by atoms with Gasteiger partial charge in [0.1, 0.15) is 0 Å². The van der Waals surface area contributed by atoms with Gasteiger partial charge in [0.15, 0.2) is 0 Å². The summed E-state index contributed by atoms with van der Waals surface area (Å²) in [6.45, 7) is 2.08. The molecule has 0 aliphatic carbocycles. The number of aryl methyl sites for hydroxylation is 1. The fourth-order valence-corrected chi connectivity index (χ4v) is 1.82. The lowest BCUT2D eigenvalue weighted by atomic mass is 10.1. The molecule has 4 nitrogen and oxygen atoms in total. The zero-order valence-corrected chi connectivity index (χ0v) is 9.99. The predicted molar refractivity (Wildman–Crippen MR) is 69.3 cm³/mol. The third-order valence-corrected chi connectivity index (χ3v) is 2.69. The quantitative estimate of drug-likeness (QED) is 0.687. The van der Waals surface area contributed by atoms with Gasteiger partial charge in [-0.2, -0.15) is 5.10 Å². The van der Waals surface area contributed by atoms with Gasteiger partial charge in [0, 0.05) is 24.2 Å². The molecule has 3 rings (SSSR count). The molecular formula is C14H12N4. The van der Waals surface area contributed by atoms with E-state index in [2.05, 4.69) is 40.2 Å². The topological polar surface area (TPSA) is 43.6 Å². The van der Waals surface area contributed by atoms with E-state index in [1.165, 1.54) is 5.56 Å². The summed E-state index contributed by atoms with van der Waals surface area (Å²) in [5.41, 5.74) is 3.44. The first-order valence-electron chi connectivity index (χ1n) is 5.72. The van der Waals surface area contributed by atoms with Crippen LogP contribution >= 0.6 is 0 Å². The van der Waals surface area contributed by atoms with Gasteiger partial charge < -0.3 is 0 Å². The van der Waals surface area contributed by atoms with Crippen LogP contribution in [0.2, 0.25) is 0 Å². The van der Waals surface area contributed by atoms with E-state index in [9.17, 15) is 0 Å². The average Bonchev–Trinajstić information content (AvgIpc) is 2.89. The van der Waals surface area contributed by atoms with Crippen molar-refractivity contribution in [2.24, 2.45) is 0 Å². The summed E-state index contributed by atoms with van der Waals surface area (Å²) < 4.78 is 1.68. The molecule has 1 aromatic carbocycles. The van der Waals surface area contributed by atoms with Crippen molar-refractivity contribution in [1.82, 2.24) is 19.7 Å². The summed E-state index contributed by atoms with van der Waals surface area (Å²) in [7, 11) is 0. The van der Waals surface area contributed by atoms with Gasteiger partial charge >= 0.3 is 0 Å². The van der Waals surface area contributed by atoms with Crippen LogP contribution in [-0.4, -0.2) is 19.7 Å². The maximum Gasteiger partial charge on any atom is 0.250 e. The van der Waals surface area contributed by atoms with Crippen molar-refractivity contribution in [2.45, 2.75) is 6.92 Å². The lowest BCUT2D eigenvalue weighted by molar-refractivity contribution is 0.808. The third-order valence-electron chi connectivity index (χ3n) is 2.69. The Balaban J connectivity index is 2.00. The Morgan fingerprint density at radius 1 is 1.00 bits per heavy atom. The van der Waals surface area contributed by atoms with Crippen molar-refractivity contribution in [2.75, 3.05) is 0 Å². The minimum Gasteiger partial charge on any atom is -0.220 e. The summed E-state index contributed by atoms with van der Waals surface area (Å²) in [5.74, 6) is 0.580. The zero-order chi connectivity index (χ0) is 12.4. The summed E-state index contributed by atoms with van der Waals surface area (Å²) in [6.07, 6.45) is 7.17. The Hall–Kier alpha value is -2.49. The molecule has 3 aromatic rings. The Morgan fingerprint density at radius 2 is 1.83 bits per heavy atom. The van der Waals surface area contributed by atoms with Crippen LogP contribution in [0.3, 0.4) is 0 Å². The molecule has 0 amide bonds. The van der Waals surface area contributed by atoms with Crippen LogP contribution < -0.4 is 0 Å². The van der Waals surface area contributed by atoms with Crippen LogP contribution in [0, 0.1) is 6.92 Å². The monoisotopic (exact) mass is 236 g/mol. The largest absolute Gasteiger partial charge is 0.250 e. The van der Waals surface area contributed by atoms with Crippen molar-refractivity contribution >= 4 is 0 Å². The van der Waals surface area contributed by atoms with Crippen molar-refractivity contribution < 1.29 is 0 Å². The first-order valence-corrected chi connectivity index (χ1v) is 5.72. The minimum atomic E-state index is 0.580. The Labute approximate surface area is 105 Å². The standard InChI is InChI=1S/C14H12N4/c1-11-4-2-5-12(8-11)13-9-17-18(10-13)14-15-6-3-7-16-14/h2-10H,1H3. The van der Waals surface area contributed by atoms with Gasteiger partial charge in [0.05, 0.1) is 6.20 Å². The van der Waals surface area contributed by atoms with Gasteiger partial charge in [-0.1, -0.05) is 29.8 Å². The van der Waals surface area contributed by atoms with Crippen molar-refractivity contribution in [3.8, 4) is 17.1 Å². The van der Waals surface area contributed by atoms with Gasteiger partial charge in [0.2, 0.25) is 5.95 Å². The maximum atomic E-state index is 4.28. The normalized spacial score (nSPS) is 10.5. The molecular weight excluding hydrogens is 224 g/mol. The van der Waals surface area contributed by atoms with Crippen LogP contribution in [-0.2, 0) is 0 Å². The summed E-state index contributed by atoms with van der Waals surface area (Å²) in [4.78, 5) is 8.33. The van der Waals surface area contributed by atoms with Crippen molar-refractivity contribution in [3.63, 3.8) is 0 Å². The Bertz CT molecular complexity index is 658. The predicted octanol–water partition coefficient (Wildman–Crippen LogP) is 2.64. The lowest BCUT2D eigenvalue weighted by Crippen LogP contribution is -1.99. The first-order chi connectivity index (χ1) is 8.83. The van der Waals surface area contributed by atoms with Gasteiger partial charge in [-0.3, -0.25) is 0 Å². The second-order valence-electron chi connectivity index (χ2n) is 4.09. The molecule has 0 aliphatic heterocycles. The summed E-state index contributed by atoms with van der Waals surface area (Å²) in [6, 6.07) is 10.1. The number of aromatic nitrogens is 4. The van der Waals surface area contributed by atoms with E-state index >= 15 is 0 Å². The Kier molecular flexibility index (Phi) is 2.61. The maximum absolute atomic E-state index is 4.28. The highest BCUT2D eigenvalue weighted by atomic mass is 15.3. The van der Waals surface area contributed by atoms with E-state index in [0.29, 0.717) is 5.95 Å². The fraction of sp³-hybridized carbons (Fsp3) is 0.0714. The van der Waals surface area contributed by atoms with E-state index in [0.717, 1.165) is 11.1 Å². The van der Waals surface area contributed by atoms with Crippen LogP contribution in [0.1, 0.15) is 5.56 Å². The van der Waals surface area contributed by atoms with Gasteiger partial charge in [-0.05, 0) is 18.6 Å². The molecule has 0 saturated carbocycles. The van der Waals surface area contributed by atoms with Crippen LogP contribution in [0.4, 0.5) is 0 Å². The number of nitrogens with zero attached hydrogens (tertiary/aromatic N) is 4. The Morgan fingerprint density at radius 3 is 2.61 bits per heavy atom. The van der Waals surface area contributed by atoms with Gasteiger partial charge in [0.25, 0.3) is 0 Å². The van der Waals surface area contributed by atoms with Crippen molar-refractivity contribution in [3.05, 3.63) is 60.7 Å². The second-order valence-corrected chi connectivity index (χ2v) is 4.09. The number of rotatable bonds is 2. The molecule has 0 fully saturated rings. The highest BCUT2D eigenvalue weighted by Gasteiger charge is 2.04. The zero-order valence-electron chi connectivity index (χ0n) is 9.99. The van der Waals surface area contributed by atoms with E-state index in [4.69, 9.17) is 0 Å². The first kappa shape index (κ1) is 10.7. The fourth-order valence-electron chi connectivity index (χ4n) is 1.82. The molecule has 0 radical (unpaired) electrons. The molecule has 0 bridgehead atoms. The molecule has 0 aliphatic rings. The highest BCUT2D eigenvalue weighted by Crippen LogP contribution is 2.20. The lowest BCUT2D eigenvalue weighted by Gasteiger charge is -1.98. The molecule has 2 heterocycles. The SMILES string of the molecule is Cc1cccc(-c2cnn(-c3ncccn3)c2)c1. The van der Waals surface area contributed by atoms with E-state index < -0.39 is 0 Å². The molecule has 2 aromatic heterocycles. The second kappa shape index (κ2) is 4.41. The summed E-state index contributed by atoms with van der Waals surface area (Å²) in [5, 5.41) is 4.28. The molecule has 0 spiro atoms. The molecule has 0 N–H and O–H groups in total. The highest BCUT2D eigenvalue weighted by molar-refractivity contribution is 5.62. The van der Waals surface area contributed by atoms with Crippen LogP contribution in [0.15, 0.2) is 55.1 Å². The van der Waals surface area contributed by atoms with Crippen LogP contribution in [0.25, 0.3) is 17.1 Å². The average molecular weight is 236 g/mol. The van der Waals surface area contributed by atoms with Crippen molar-refractivity contribution in [1.29, 1.82) is 0 Å². The molecule has 88 valence electrons. The minimum absolute atomic E-state index is 0.580. The molecule has 18 heavy (non-hydrogen) atoms. The molecule has 4 heteroatoms. The molecule has 0 saturated heterocycles. The molecule has 0 unspecified atom stereocenters. The number of hydrogen-bond acceptors (Lipinski definition) is 3. The number of hydrogen-bond donors (Lipinski definition) is 0. The van der Waals surface area contributed by atoms with E-state index in [1.807, 2.05) is 18.5 Å². The van der Waals surface area contributed by atoms with Crippen LogP contribution in [0.5, 0.6) is 0 Å². The van der Waals surface area contributed by atoms with E-state index in [1.54, 1.807) is 23.1 Å². The molecule has 0 atom stereocenters. The van der Waals surface area contributed by atoms with Gasteiger partial charge in [-0.25, -0.2) is 14.6 Å². The van der Waals surface area contributed by atoms with E-state index in [-0.39, 0.29) is 0 Å². The van der Waals surface area contributed by atoms with Gasteiger partial charge in [-0.15, -0.1) is 0 Å². The number of benzene rings is 1. The third kappa shape index (κ3) is 2.00. The summed E-state index contributed by atoms with van der Waals surface area (Å²) >= 11 is 0. The smallest absolute Gasteiger partial charge is 0.220 e.